The molecule has 1 unspecified atom stereocenters. The highest BCUT2D eigenvalue weighted by Crippen LogP contribution is 2.64. The van der Waals surface area contributed by atoms with Crippen LogP contribution in [0.3, 0.4) is 0 Å². The Labute approximate surface area is 300 Å². The van der Waals surface area contributed by atoms with Crippen LogP contribution in [0.15, 0.2) is 36.4 Å². The molecule has 2 aliphatic carbocycles. The number of hydrogen-bond acceptors (Lipinski definition) is 8. The molecule has 0 aromatic heterocycles. The van der Waals surface area contributed by atoms with Crippen molar-refractivity contribution in [3.8, 4) is 17.2 Å². The fourth-order valence-corrected chi connectivity index (χ4v) is 8.96. The van der Waals surface area contributed by atoms with E-state index in [0.29, 0.717) is 37.1 Å². The third-order valence-electron chi connectivity index (χ3n) is 11.4. The van der Waals surface area contributed by atoms with Gasteiger partial charge in [-0.3, -0.25) is 14.4 Å². The second kappa shape index (κ2) is 15.2. The highest BCUT2D eigenvalue weighted by molar-refractivity contribution is 5.89. The molecule has 4 N–H and O–H groups in total. The lowest BCUT2D eigenvalue weighted by molar-refractivity contribution is -0.957. The first-order chi connectivity index (χ1) is 23.5. The second-order valence-corrected chi connectivity index (χ2v) is 14.4. The van der Waals surface area contributed by atoms with Crippen molar-refractivity contribution in [3.05, 3.63) is 53.1 Å². The van der Waals surface area contributed by atoms with Crippen LogP contribution in [0, 0.1) is 5.92 Å². The SMILES string of the molecule is COc1ccc2c3c1O[C@H]1C(=O)CC[C@H]4C(C2)[N@@+](C)(Cc2ccc(OC(=O)N(C)CCNC(=O)[C@H](CCCCN)NC(C)=O)cc2)CC[C@]314.[Cl-]. The number of nitrogens with two attached hydrogens (primary N) is 1. The molecule has 3 amide bonds. The molecule has 2 fully saturated rings. The van der Waals surface area contributed by atoms with Crippen LogP contribution in [0.25, 0.3) is 0 Å². The number of halogens is 1. The maximum atomic E-state index is 13.3. The van der Waals surface area contributed by atoms with Crippen molar-refractivity contribution in [2.75, 3.05) is 47.4 Å². The molecule has 50 heavy (non-hydrogen) atoms. The summed E-state index contributed by atoms with van der Waals surface area (Å²) in [5.41, 5.74) is 8.93. The summed E-state index contributed by atoms with van der Waals surface area (Å²) in [4.78, 5) is 51.7. The van der Waals surface area contributed by atoms with Gasteiger partial charge < -0.3 is 52.4 Å². The van der Waals surface area contributed by atoms with Gasteiger partial charge in [-0.05, 0) is 68.1 Å². The Bertz CT molecular complexity index is 1610. The molecule has 12 nitrogen and oxygen atoms in total. The van der Waals surface area contributed by atoms with Crippen LogP contribution in [0.4, 0.5) is 4.79 Å². The van der Waals surface area contributed by atoms with Gasteiger partial charge in [0.05, 0.1) is 32.2 Å². The average molecular weight is 712 g/mol. The minimum absolute atomic E-state index is 0. The van der Waals surface area contributed by atoms with E-state index in [1.54, 1.807) is 14.2 Å². The van der Waals surface area contributed by atoms with E-state index in [9.17, 15) is 19.2 Å². The number of nitrogens with zero attached hydrogens (tertiary/aromatic N) is 2. The van der Waals surface area contributed by atoms with Crippen molar-refractivity contribution in [2.45, 2.75) is 82.0 Å². The summed E-state index contributed by atoms with van der Waals surface area (Å²) in [6, 6.07) is 11.6. The molecule has 2 bridgehead atoms. The molecular weight excluding hydrogens is 662 g/mol. The van der Waals surface area contributed by atoms with Crippen LogP contribution in [0.5, 0.6) is 17.2 Å². The van der Waals surface area contributed by atoms with Crippen LogP contribution >= 0.6 is 0 Å². The molecule has 272 valence electrons. The van der Waals surface area contributed by atoms with Gasteiger partial charge in [0, 0.05) is 63.4 Å². The summed E-state index contributed by atoms with van der Waals surface area (Å²) < 4.78 is 18.6. The number of Topliss-reactive ketones (excluding diaryl/α,β-unsaturated/α-hetero) is 1. The number of ketones is 1. The van der Waals surface area contributed by atoms with Gasteiger partial charge in [0.1, 0.15) is 18.3 Å². The lowest BCUT2D eigenvalue weighted by atomic mass is 9.51. The first-order valence-corrected chi connectivity index (χ1v) is 17.5. The molecule has 2 aliphatic heterocycles. The zero-order valence-corrected chi connectivity index (χ0v) is 30.2. The second-order valence-electron chi connectivity index (χ2n) is 14.4. The highest BCUT2D eigenvalue weighted by Gasteiger charge is 2.69. The average Bonchev–Trinajstić information content (AvgIpc) is 3.44. The van der Waals surface area contributed by atoms with E-state index < -0.39 is 18.2 Å². The zero-order chi connectivity index (χ0) is 34.9. The van der Waals surface area contributed by atoms with Crippen LogP contribution in [-0.4, -0.2) is 98.6 Å². The molecule has 2 aromatic carbocycles. The van der Waals surface area contributed by atoms with Gasteiger partial charge in [-0.2, -0.15) is 0 Å². The lowest BCUT2D eigenvalue weighted by Gasteiger charge is -2.60. The quantitative estimate of drug-likeness (QED) is 0.192. The van der Waals surface area contributed by atoms with Crippen LogP contribution in [0.1, 0.15) is 62.1 Å². The number of nitrogens with one attached hydrogen (secondary N) is 2. The molecule has 6 rings (SSSR count). The summed E-state index contributed by atoms with van der Waals surface area (Å²) in [6.07, 6.45) is 4.29. The molecule has 2 aromatic rings. The predicted octanol–water partition coefficient (Wildman–Crippen LogP) is -0.167. The number of ether oxygens (including phenoxy) is 3. The van der Waals surface area contributed by atoms with Gasteiger partial charge in [-0.25, -0.2) is 4.79 Å². The van der Waals surface area contributed by atoms with Crippen LogP contribution in [0.2, 0.25) is 0 Å². The number of hydrogen-bond donors (Lipinski definition) is 3. The molecule has 0 radical (unpaired) electrons. The van der Waals surface area contributed by atoms with Crippen molar-refractivity contribution in [1.29, 1.82) is 0 Å². The summed E-state index contributed by atoms with van der Waals surface area (Å²) >= 11 is 0. The van der Waals surface area contributed by atoms with E-state index in [0.717, 1.165) is 66.7 Å². The Hall–Kier alpha value is -3.87. The van der Waals surface area contributed by atoms with E-state index in [1.165, 1.54) is 23.0 Å². The molecule has 1 spiro atoms. The van der Waals surface area contributed by atoms with E-state index >= 15 is 0 Å². The van der Waals surface area contributed by atoms with Crippen LogP contribution in [-0.2, 0) is 32.8 Å². The zero-order valence-electron chi connectivity index (χ0n) is 29.5. The molecule has 4 aliphatic rings. The predicted molar refractivity (Wildman–Crippen MR) is 182 cm³/mol. The van der Waals surface area contributed by atoms with E-state index in [4.69, 9.17) is 19.9 Å². The Morgan fingerprint density at radius 1 is 1.16 bits per heavy atom. The van der Waals surface area contributed by atoms with Gasteiger partial charge in [0.2, 0.25) is 11.8 Å². The number of carbonyl (C=O) groups excluding carboxylic acids is 4. The first kappa shape index (κ1) is 37.4. The third-order valence-corrected chi connectivity index (χ3v) is 11.4. The number of rotatable bonds is 13. The molecular formula is C37H50ClN5O7. The van der Waals surface area contributed by atoms with Gasteiger partial charge in [0.15, 0.2) is 23.4 Å². The van der Waals surface area contributed by atoms with Crippen LogP contribution < -0.4 is 43.0 Å². The Kier molecular flexibility index (Phi) is 11.3. The maximum absolute atomic E-state index is 13.3. The standard InChI is InChI=1S/C37H49N5O7.ClH/c1-23(43)40-28(7-5-6-17-38)35(45)39-18-19-41(2)36(46)48-26-11-8-24(9-12-26)22-42(3)20-16-37-27-13-14-30(44)34(37)49-33-31(47-4)15-10-25(32(33)37)21-29(27)42;/h8-12,15,27-29,34H,5-7,13-14,16-22,38H2,1-4H3,(H-,39,40,43,45);1H/t27-,28-,29?,34-,37-,42+;/m0./s1. The Balaban J connectivity index is 0.00000486. The molecule has 6 atom stereocenters. The lowest BCUT2D eigenvalue weighted by Crippen LogP contribution is -3.00. The highest BCUT2D eigenvalue weighted by atomic mass is 35.5. The van der Waals surface area contributed by atoms with Gasteiger partial charge >= 0.3 is 6.09 Å². The number of benzene rings is 2. The van der Waals surface area contributed by atoms with Gasteiger partial charge in [0.25, 0.3) is 0 Å². The van der Waals surface area contributed by atoms with Crippen molar-refractivity contribution in [1.82, 2.24) is 15.5 Å². The number of methoxy groups -OCH3 is 1. The number of carbonyl (C=O) groups is 4. The summed E-state index contributed by atoms with van der Waals surface area (Å²) in [5, 5.41) is 5.48. The van der Waals surface area contributed by atoms with E-state index in [-0.39, 0.29) is 48.5 Å². The minimum Gasteiger partial charge on any atom is -1.00 e. The summed E-state index contributed by atoms with van der Waals surface area (Å²) in [5.74, 6) is 1.94. The Morgan fingerprint density at radius 2 is 1.92 bits per heavy atom. The minimum atomic E-state index is -0.637. The smallest absolute Gasteiger partial charge is 0.415 e. The van der Waals surface area contributed by atoms with Gasteiger partial charge in [-0.1, -0.05) is 6.07 Å². The fraction of sp³-hybridized carbons (Fsp3) is 0.568. The van der Waals surface area contributed by atoms with E-state index in [1.807, 2.05) is 30.3 Å². The first-order valence-electron chi connectivity index (χ1n) is 17.5. The summed E-state index contributed by atoms with van der Waals surface area (Å²) in [7, 11) is 5.62. The van der Waals surface area contributed by atoms with E-state index in [2.05, 4.69) is 23.7 Å². The number of likely N-dealkylation sites (N-methyl/N-ethyl adjacent to an activating group) is 2. The largest absolute Gasteiger partial charge is 1.00 e. The molecule has 2 heterocycles. The maximum Gasteiger partial charge on any atom is 0.415 e. The number of unbranched alkanes of at least 4 members (excludes halogenated alkanes) is 1. The number of piperidine rings is 1. The molecule has 1 saturated carbocycles. The third kappa shape index (κ3) is 6.89. The number of amides is 3. The Morgan fingerprint density at radius 3 is 2.62 bits per heavy atom. The van der Waals surface area contributed by atoms with Crippen molar-refractivity contribution in [2.24, 2.45) is 11.7 Å². The van der Waals surface area contributed by atoms with Crippen molar-refractivity contribution < 1.29 is 50.3 Å². The van der Waals surface area contributed by atoms with Crippen molar-refractivity contribution in [3.63, 3.8) is 0 Å². The normalized spacial score (nSPS) is 26.0. The molecule has 1 saturated heterocycles. The topological polar surface area (TPSA) is 149 Å². The summed E-state index contributed by atoms with van der Waals surface area (Å²) in [6.45, 7) is 4.13. The number of quaternary nitrogens is 1. The molecule has 13 heteroatoms. The fourth-order valence-electron chi connectivity index (χ4n) is 8.96. The van der Waals surface area contributed by atoms with Gasteiger partial charge in [-0.15, -0.1) is 0 Å². The number of likely N-dealkylation sites (tertiary alicyclic amines) is 1. The monoisotopic (exact) mass is 711 g/mol. The van der Waals surface area contributed by atoms with Crippen molar-refractivity contribution >= 4 is 23.7 Å².